The van der Waals surface area contributed by atoms with E-state index in [0.717, 1.165) is 69.7 Å². The van der Waals surface area contributed by atoms with Crippen LogP contribution in [0.5, 0.6) is 0 Å². The van der Waals surface area contributed by atoms with Gasteiger partial charge in [-0.25, -0.2) is 4.98 Å². The normalized spacial score (nSPS) is 19.6. The molecule has 4 heterocycles. The number of dihydropyridines is 1. The molecule has 5 rings (SSSR count). The van der Waals surface area contributed by atoms with E-state index in [0.29, 0.717) is 11.8 Å². The van der Waals surface area contributed by atoms with Crippen molar-refractivity contribution in [2.24, 2.45) is 0 Å². The molecule has 34 heavy (non-hydrogen) atoms. The average molecular weight is 484 g/mol. The van der Waals surface area contributed by atoms with Gasteiger partial charge in [0.25, 0.3) is 0 Å². The Bertz CT molecular complexity index is 1000. The maximum absolute atomic E-state index is 6.79. The molecule has 180 valence electrons. The fraction of sp³-hybridized carbons (Fsp3) is 0.417. The van der Waals surface area contributed by atoms with Crippen LogP contribution in [0.4, 0.5) is 28.8 Å². The van der Waals surface area contributed by atoms with Gasteiger partial charge in [-0.2, -0.15) is 4.98 Å². The second-order valence-corrected chi connectivity index (χ2v) is 9.03. The molecule has 2 saturated heterocycles. The molecule has 10 heteroatoms. The standard InChI is InChI=1S/C24H30ClN7O2/c1-30(24(25)3-6-26-7-4-24)22-2-5-27-23(29-22)28-19-16-20(31-8-12-33-13-9-31)18-21(17-19)32-10-14-34-15-11-32/h2-7,16-18,26H,8-15H2,1H3,(H,27,28,29). The number of nitrogens with one attached hydrogen (secondary N) is 2. The van der Waals surface area contributed by atoms with Gasteiger partial charge in [-0.05, 0) is 36.4 Å². The van der Waals surface area contributed by atoms with E-state index >= 15 is 0 Å². The Hall–Kier alpha value is -3.01. The van der Waals surface area contributed by atoms with Crippen LogP contribution in [0.15, 0.2) is 55.0 Å². The van der Waals surface area contributed by atoms with Crippen molar-refractivity contribution in [3.63, 3.8) is 0 Å². The summed E-state index contributed by atoms with van der Waals surface area (Å²) in [5.74, 6) is 1.22. The maximum atomic E-state index is 6.79. The zero-order valence-corrected chi connectivity index (χ0v) is 20.0. The fourth-order valence-electron chi connectivity index (χ4n) is 4.24. The summed E-state index contributed by atoms with van der Waals surface area (Å²) in [7, 11) is 1.91. The highest BCUT2D eigenvalue weighted by molar-refractivity contribution is 6.28. The molecule has 2 N–H and O–H groups in total. The Morgan fingerprint density at radius 1 is 0.971 bits per heavy atom. The Kier molecular flexibility index (Phi) is 6.75. The van der Waals surface area contributed by atoms with Crippen molar-refractivity contribution in [1.82, 2.24) is 15.3 Å². The van der Waals surface area contributed by atoms with Gasteiger partial charge in [-0.1, -0.05) is 11.6 Å². The summed E-state index contributed by atoms with van der Waals surface area (Å²) in [6.07, 6.45) is 9.13. The van der Waals surface area contributed by atoms with Crippen LogP contribution in [0.25, 0.3) is 0 Å². The van der Waals surface area contributed by atoms with Crippen LogP contribution in [0.2, 0.25) is 0 Å². The highest BCUT2D eigenvalue weighted by atomic mass is 35.5. The maximum Gasteiger partial charge on any atom is 0.229 e. The molecule has 3 aliphatic heterocycles. The van der Waals surface area contributed by atoms with Gasteiger partial charge in [-0.15, -0.1) is 0 Å². The molecule has 0 aliphatic carbocycles. The first kappa shape index (κ1) is 22.8. The number of likely N-dealkylation sites (N-methyl/N-ethyl adjacent to an activating group) is 1. The molecule has 0 saturated carbocycles. The van der Waals surface area contributed by atoms with Gasteiger partial charge < -0.3 is 34.8 Å². The Balaban J connectivity index is 1.42. The minimum atomic E-state index is -0.795. The van der Waals surface area contributed by atoms with Crippen molar-refractivity contribution in [2.75, 3.05) is 79.7 Å². The number of hydrogen-bond acceptors (Lipinski definition) is 9. The Morgan fingerprint density at radius 3 is 2.15 bits per heavy atom. The molecule has 1 aromatic carbocycles. The summed E-state index contributed by atoms with van der Waals surface area (Å²) in [4.78, 5) is 15.0. The lowest BCUT2D eigenvalue weighted by molar-refractivity contribution is 0.122. The molecular formula is C24H30ClN7O2. The van der Waals surface area contributed by atoms with Crippen molar-refractivity contribution in [2.45, 2.75) is 5.00 Å². The molecule has 0 spiro atoms. The predicted octanol–water partition coefficient (Wildman–Crippen LogP) is 2.90. The summed E-state index contributed by atoms with van der Waals surface area (Å²) in [5.41, 5.74) is 3.26. The van der Waals surface area contributed by atoms with E-state index in [2.05, 4.69) is 43.6 Å². The number of benzene rings is 1. The molecule has 1 aromatic heterocycles. The van der Waals surface area contributed by atoms with E-state index in [1.54, 1.807) is 6.20 Å². The molecule has 2 aromatic rings. The first-order valence-corrected chi connectivity index (χ1v) is 11.9. The van der Waals surface area contributed by atoms with Crippen LogP contribution >= 0.6 is 11.6 Å². The summed E-state index contributed by atoms with van der Waals surface area (Å²) in [6.45, 7) is 6.43. The van der Waals surface area contributed by atoms with Crippen molar-refractivity contribution in [3.05, 3.63) is 55.0 Å². The third-order valence-corrected chi connectivity index (χ3v) is 6.74. The number of anilines is 5. The second-order valence-electron chi connectivity index (χ2n) is 8.42. The lowest BCUT2D eigenvalue weighted by atomic mass is 10.2. The molecule has 2 fully saturated rings. The first-order valence-electron chi connectivity index (χ1n) is 11.6. The summed E-state index contributed by atoms with van der Waals surface area (Å²) < 4.78 is 11.1. The molecule has 0 amide bonds. The van der Waals surface area contributed by atoms with E-state index < -0.39 is 5.00 Å². The quantitative estimate of drug-likeness (QED) is 0.476. The number of morpholine rings is 2. The van der Waals surface area contributed by atoms with Gasteiger partial charge >= 0.3 is 0 Å². The predicted molar refractivity (Wildman–Crippen MR) is 136 cm³/mol. The highest BCUT2D eigenvalue weighted by Gasteiger charge is 2.29. The average Bonchev–Trinajstić information content (AvgIpc) is 2.90. The number of alkyl halides is 1. The van der Waals surface area contributed by atoms with E-state index in [1.807, 2.05) is 42.6 Å². The summed E-state index contributed by atoms with van der Waals surface area (Å²) in [6, 6.07) is 8.40. The van der Waals surface area contributed by atoms with Gasteiger partial charge in [0.05, 0.1) is 26.4 Å². The van der Waals surface area contributed by atoms with E-state index in [9.17, 15) is 0 Å². The molecule has 0 atom stereocenters. The largest absolute Gasteiger partial charge is 0.378 e. The number of hydrogen-bond donors (Lipinski definition) is 2. The topological polar surface area (TPSA) is 78.0 Å². The third kappa shape index (κ3) is 5.06. The van der Waals surface area contributed by atoms with E-state index in [4.69, 9.17) is 26.1 Å². The van der Waals surface area contributed by atoms with Gasteiger partial charge in [0, 0.05) is 68.9 Å². The molecule has 9 nitrogen and oxygen atoms in total. The van der Waals surface area contributed by atoms with Crippen LogP contribution in [0, 0.1) is 0 Å². The first-order chi connectivity index (χ1) is 16.6. The number of rotatable bonds is 6. The SMILES string of the molecule is CN(c1ccnc(Nc2cc(N3CCOCC3)cc(N3CCOCC3)c2)n1)C1(Cl)C=CNC=C1. The summed E-state index contributed by atoms with van der Waals surface area (Å²) in [5, 5.41) is 6.43. The fourth-order valence-corrected chi connectivity index (χ4v) is 4.45. The third-order valence-electron chi connectivity index (χ3n) is 6.24. The lowest BCUT2D eigenvalue weighted by Gasteiger charge is -2.34. The van der Waals surface area contributed by atoms with Gasteiger partial charge in [0.2, 0.25) is 5.95 Å². The number of halogens is 1. The van der Waals surface area contributed by atoms with E-state index in [-0.39, 0.29) is 0 Å². The highest BCUT2D eigenvalue weighted by Crippen LogP contribution is 2.32. The Morgan fingerprint density at radius 2 is 1.56 bits per heavy atom. The minimum Gasteiger partial charge on any atom is -0.378 e. The zero-order chi connectivity index (χ0) is 23.4. The monoisotopic (exact) mass is 483 g/mol. The van der Waals surface area contributed by atoms with Crippen LogP contribution in [0.1, 0.15) is 0 Å². The van der Waals surface area contributed by atoms with Crippen molar-refractivity contribution in [1.29, 1.82) is 0 Å². The molecule has 3 aliphatic rings. The van der Waals surface area contributed by atoms with Crippen molar-refractivity contribution >= 4 is 40.4 Å². The lowest BCUT2D eigenvalue weighted by Crippen LogP contribution is -2.40. The van der Waals surface area contributed by atoms with Gasteiger partial charge in [0.15, 0.2) is 5.00 Å². The number of nitrogens with zero attached hydrogens (tertiary/aromatic N) is 5. The number of ether oxygens (including phenoxy) is 2. The smallest absolute Gasteiger partial charge is 0.229 e. The molecular weight excluding hydrogens is 454 g/mol. The van der Waals surface area contributed by atoms with Crippen LogP contribution in [0.3, 0.4) is 0 Å². The van der Waals surface area contributed by atoms with Crippen molar-refractivity contribution < 1.29 is 9.47 Å². The molecule has 0 bridgehead atoms. The van der Waals surface area contributed by atoms with Gasteiger partial charge in [0.1, 0.15) is 5.82 Å². The van der Waals surface area contributed by atoms with Crippen LogP contribution < -0.4 is 25.3 Å². The summed E-state index contributed by atoms with van der Waals surface area (Å²) >= 11 is 6.79. The zero-order valence-electron chi connectivity index (χ0n) is 19.3. The molecule has 0 unspecified atom stereocenters. The van der Waals surface area contributed by atoms with Gasteiger partial charge in [-0.3, -0.25) is 0 Å². The minimum absolute atomic E-state index is 0.513. The Labute approximate surface area is 205 Å². The van der Waals surface area contributed by atoms with Crippen molar-refractivity contribution in [3.8, 4) is 0 Å². The second kappa shape index (κ2) is 10.1. The number of aromatic nitrogens is 2. The van der Waals surface area contributed by atoms with Crippen LogP contribution in [-0.4, -0.2) is 74.6 Å². The van der Waals surface area contributed by atoms with Crippen LogP contribution in [-0.2, 0) is 9.47 Å². The van der Waals surface area contributed by atoms with E-state index in [1.165, 1.54) is 0 Å². The molecule has 0 radical (unpaired) electrons.